The summed E-state index contributed by atoms with van der Waals surface area (Å²) >= 11 is 0. The van der Waals surface area contributed by atoms with Gasteiger partial charge in [-0.05, 0) is 49.1 Å². The molecule has 2 fully saturated rings. The Balaban J connectivity index is 1.27. The molecule has 3 heterocycles. The van der Waals surface area contributed by atoms with E-state index in [1.54, 1.807) is 6.20 Å². The highest BCUT2D eigenvalue weighted by molar-refractivity contribution is 6.02. The molecule has 0 radical (unpaired) electrons. The van der Waals surface area contributed by atoms with Gasteiger partial charge in [0, 0.05) is 41.8 Å². The van der Waals surface area contributed by atoms with E-state index in [-0.39, 0.29) is 17.7 Å². The highest BCUT2D eigenvalue weighted by Gasteiger charge is 2.55. The zero-order valence-corrected chi connectivity index (χ0v) is 16.5. The van der Waals surface area contributed by atoms with Gasteiger partial charge in [-0.2, -0.15) is 0 Å². The third kappa shape index (κ3) is 2.53. The number of para-hydroxylation sites is 1. The molecule has 1 saturated heterocycles. The van der Waals surface area contributed by atoms with Gasteiger partial charge < -0.3 is 15.5 Å². The van der Waals surface area contributed by atoms with Crippen molar-refractivity contribution in [3.8, 4) is 0 Å². The van der Waals surface area contributed by atoms with E-state index in [1.165, 1.54) is 0 Å². The van der Waals surface area contributed by atoms with Crippen LogP contribution < -0.4 is 10.6 Å². The topological polar surface area (TPSA) is 74.3 Å². The number of hydrogen-bond donors (Lipinski definition) is 2. The van der Waals surface area contributed by atoms with E-state index < -0.39 is 5.66 Å². The summed E-state index contributed by atoms with van der Waals surface area (Å²) in [6.45, 7) is 1.36. The molecule has 150 valence electrons. The van der Waals surface area contributed by atoms with Crippen molar-refractivity contribution in [3.63, 3.8) is 0 Å². The number of likely N-dealkylation sites (tertiary alicyclic amines) is 1. The lowest BCUT2D eigenvalue weighted by Crippen LogP contribution is -2.61. The molecule has 6 rings (SSSR count). The predicted molar refractivity (Wildman–Crippen MR) is 114 cm³/mol. The number of nitrogens with zero attached hydrogens (tertiary/aromatic N) is 2. The molecule has 1 aromatic heterocycles. The first-order valence-electron chi connectivity index (χ1n) is 10.5. The summed E-state index contributed by atoms with van der Waals surface area (Å²) in [5, 5.41) is 7.89. The van der Waals surface area contributed by atoms with Gasteiger partial charge in [-0.15, -0.1) is 0 Å². The first-order chi connectivity index (χ1) is 14.6. The van der Waals surface area contributed by atoms with Crippen LogP contribution in [0.4, 0.5) is 5.69 Å². The van der Waals surface area contributed by atoms with Gasteiger partial charge in [0.15, 0.2) is 0 Å². The lowest BCUT2D eigenvalue weighted by Gasteiger charge is -2.42. The minimum atomic E-state index is -0.476. The maximum Gasteiger partial charge on any atom is 0.255 e. The first-order valence-corrected chi connectivity index (χ1v) is 10.5. The van der Waals surface area contributed by atoms with Crippen LogP contribution in [0.25, 0.3) is 10.9 Å². The van der Waals surface area contributed by atoms with E-state index >= 15 is 0 Å². The Bertz CT molecular complexity index is 1190. The molecule has 1 saturated carbocycles. The van der Waals surface area contributed by atoms with Crippen LogP contribution >= 0.6 is 0 Å². The van der Waals surface area contributed by atoms with Crippen LogP contribution in [-0.2, 0) is 0 Å². The third-order valence-corrected chi connectivity index (χ3v) is 6.99. The van der Waals surface area contributed by atoms with E-state index in [1.807, 2.05) is 59.5 Å². The van der Waals surface area contributed by atoms with Gasteiger partial charge in [-0.1, -0.05) is 24.3 Å². The first kappa shape index (κ1) is 17.4. The Kier molecular flexibility index (Phi) is 3.66. The van der Waals surface area contributed by atoms with Crippen molar-refractivity contribution < 1.29 is 9.59 Å². The second kappa shape index (κ2) is 6.29. The number of benzene rings is 2. The summed E-state index contributed by atoms with van der Waals surface area (Å²) in [6, 6.07) is 17.2. The molecule has 6 nitrogen and oxygen atoms in total. The highest BCUT2D eigenvalue weighted by atomic mass is 16.2. The van der Waals surface area contributed by atoms with Gasteiger partial charge in [-0.25, -0.2) is 0 Å². The average molecular weight is 398 g/mol. The van der Waals surface area contributed by atoms with Crippen molar-refractivity contribution in [1.82, 2.24) is 15.2 Å². The van der Waals surface area contributed by atoms with E-state index in [2.05, 4.69) is 15.6 Å². The fourth-order valence-electron chi connectivity index (χ4n) is 5.51. The number of anilines is 1. The van der Waals surface area contributed by atoms with E-state index in [0.29, 0.717) is 23.6 Å². The SMILES string of the molecule is O=C1N[C@]2(CC[C@@H]3CN(C(=O)c4ccc5cccnc5c4)C[C@@H]32)Nc2ccccc21. The zero-order valence-electron chi connectivity index (χ0n) is 16.5. The number of fused-ring (bicyclic) bond motifs is 4. The minimum absolute atomic E-state index is 0.0321. The molecule has 3 aliphatic rings. The van der Waals surface area contributed by atoms with Crippen molar-refractivity contribution in [3.05, 3.63) is 71.9 Å². The average Bonchev–Trinajstić information content (AvgIpc) is 3.34. The smallest absolute Gasteiger partial charge is 0.255 e. The molecule has 2 N–H and O–H groups in total. The molecule has 3 atom stereocenters. The summed E-state index contributed by atoms with van der Waals surface area (Å²) in [7, 11) is 0. The molecular weight excluding hydrogens is 376 g/mol. The molecule has 0 bridgehead atoms. The Hall–Kier alpha value is -3.41. The molecule has 3 aromatic rings. The molecule has 2 aromatic carbocycles. The maximum absolute atomic E-state index is 13.2. The normalized spacial score (nSPS) is 26.9. The molecule has 6 heteroatoms. The number of amides is 2. The highest BCUT2D eigenvalue weighted by Crippen LogP contribution is 2.47. The summed E-state index contributed by atoms with van der Waals surface area (Å²) in [6.07, 6.45) is 3.61. The van der Waals surface area contributed by atoms with E-state index in [0.717, 1.165) is 36.0 Å². The molecule has 2 aliphatic heterocycles. The van der Waals surface area contributed by atoms with Crippen molar-refractivity contribution in [2.24, 2.45) is 11.8 Å². The largest absolute Gasteiger partial charge is 0.362 e. The quantitative estimate of drug-likeness (QED) is 0.660. The Morgan fingerprint density at radius 1 is 1.07 bits per heavy atom. The summed E-state index contributed by atoms with van der Waals surface area (Å²) in [5.74, 6) is 0.577. The van der Waals surface area contributed by atoms with Gasteiger partial charge in [-0.3, -0.25) is 14.6 Å². The fraction of sp³-hybridized carbons (Fsp3) is 0.292. The van der Waals surface area contributed by atoms with E-state index in [9.17, 15) is 9.59 Å². The van der Waals surface area contributed by atoms with Gasteiger partial charge in [0.1, 0.15) is 5.66 Å². The Morgan fingerprint density at radius 3 is 2.90 bits per heavy atom. The van der Waals surface area contributed by atoms with Crippen molar-refractivity contribution in [2.75, 3.05) is 18.4 Å². The van der Waals surface area contributed by atoms with Gasteiger partial charge in [0.25, 0.3) is 11.8 Å². The van der Waals surface area contributed by atoms with E-state index in [4.69, 9.17) is 0 Å². The number of hydrogen-bond acceptors (Lipinski definition) is 4. The van der Waals surface area contributed by atoms with Crippen LogP contribution in [0.3, 0.4) is 0 Å². The predicted octanol–water partition coefficient (Wildman–Crippen LogP) is 3.27. The number of pyridine rings is 1. The maximum atomic E-state index is 13.2. The molecule has 2 amide bonds. The third-order valence-electron chi connectivity index (χ3n) is 6.99. The number of carbonyl (C=O) groups is 2. The number of rotatable bonds is 1. The van der Waals surface area contributed by atoms with Crippen molar-refractivity contribution in [2.45, 2.75) is 18.5 Å². The second-order valence-electron chi connectivity index (χ2n) is 8.62. The number of aromatic nitrogens is 1. The van der Waals surface area contributed by atoms with Crippen LogP contribution in [0.15, 0.2) is 60.8 Å². The van der Waals surface area contributed by atoms with Crippen LogP contribution in [-0.4, -0.2) is 40.5 Å². The molecule has 30 heavy (non-hydrogen) atoms. The number of carbonyl (C=O) groups excluding carboxylic acids is 2. The Labute approximate surface area is 174 Å². The van der Waals surface area contributed by atoms with Crippen LogP contribution in [0.5, 0.6) is 0 Å². The molecular formula is C24H22N4O2. The lowest BCUT2D eigenvalue weighted by molar-refractivity contribution is 0.0767. The summed E-state index contributed by atoms with van der Waals surface area (Å²) in [5.41, 5.74) is 2.59. The lowest BCUT2D eigenvalue weighted by atomic mass is 9.89. The van der Waals surface area contributed by atoms with Crippen LogP contribution in [0.1, 0.15) is 33.6 Å². The van der Waals surface area contributed by atoms with Crippen LogP contribution in [0, 0.1) is 11.8 Å². The zero-order chi connectivity index (χ0) is 20.3. The second-order valence-corrected chi connectivity index (χ2v) is 8.62. The summed E-state index contributed by atoms with van der Waals surface area (Å²) in [4.78, 5) is 32.3. The molecule has 1 spiro atoms. The van der Waals surface area contributed by atoms with Gasteiger partial charge >= 0.3 is 0 Å². The number of nitrogens with one attached hydrogen (secondary N) is 2. The van der Waals surface area contributed by atoms with Crippen LogP contribution in [0.2, 0.25) is 0 Å². The minimum Gasteiger partial charge on any atom is -0.362 e. The molecule has 1 aliphatic carbocycles. The standard InChI is InChI=1S/C24H22N4O2/c29-22-18-5-1-2-6-20(18)26-24(27-22)10-9-17-13-28(14-19(17)24)23(30)16-8-7-15-4-3-11-25-21(15)12-16/h1-8,11-12,17,19,26H,9-10,13-14H2,(H,27,29)/t17-,19+,24+/m1/s1. The van der Waals surface area contributed by atoms with Gasteiger partial charge in [0.05, 0.1) is 11.1 Å². The van der Waals surface area contributed by atoms with Crippen molar-refractivity contribution in [1.29, 1.82) is 0 Å². The molecule has 0 unspecified atom stereocenters. The fourth-order valence-corrected chi connectivity index (χ4v) is 5.51. The van der Waals surface area contributed by atoms with Gasteiger partial charge in [0.2, 0.25) is 0 Å². The Morgan fingerprint density at radius 2 is 1.97 bits per heavy atom. The monoisotopic (exact) mass is 398 g/mol. The van der Waals surface area contributed by atoms with Crippen molar-refractivity contribution >= 4 is 28.4 Å². The summed E-state index contributed by atoms with van der Waals surface area (Å²) < 4.78 is 0.